The van der Waals surface area contributed by atoms with Gasteiger partial charge in [-0.2, -0.15) is 0 Å². The number of nitro groups is 1. The average Bonchev–Trinajstić information content (AvgIpc) is 2.62. The highest BCUT2D eigenvalue weighted by Crippen LogP contribution is 2.30. The number of hydrogen-bond donors (Lipinski definition) is 2. The summed E-state index contributed by atoms with van der Waals surface area (Å²) in [7, 11) is 0. The van der Waals surface area contributed by atoms with Crippen LogP contribution < -0.4 is 11.1 Å². The minimum atomic E-state index is -0.637. The van der Waals surface area contributed by atoms with Gasteiger partial charge in [0, 0.05) is 30.3 Å². The highest BCUT2D eigenvalue weighted by molar-refractivity contribution is 5.87. The molecule has 1 atom stereocenters. The quantitative estimate of drug-likeness (QED) is 0.498. The number of rotatable bonds is 8. The Bertz CT molecular complexity index is 497. The molecule has 0 bridgehead atoms. The number of carbonyl (C=O) groups excluding carboxylic acids is 2. The molecule has 26 heavy (non-hydrogen) atoms. The highest BCUT2D eigenvalue weighted by atomic mass is 16.6. The van der Waals surface area contributed by atoms with E-state index in [1.54, 1.807) is 6.92 Å². The first-order valence-corrected chi connectivity index (χ1v) is 9.71. The molecule has 2 amide bonds. The molecule has 2 fully saturated rings. The molecule has 0 aromatic rings. The number of carbonyl (C=O) groups is 2. The molecule has 8 nitrogen and oxygen atoms in total. The zero-order chi connectivity index (χ0) is 19.1. The predicted octanol–water partition coefficient (Wildman–Crippen LogP) is 1.78. The fourth-order valence-electron chi connectivity index (χ4n) is 3.94. The monoisotopic (exact) mass is 369 g/mol. The molecular formula is C18H31N3O5. The Morgan fingerprint density at radius 3 is 2.31 bits per heavy atom. The maximum absolute atomic E-state index is 12.1. The van der Waals surface area contributed by atoms with Gasteiger partial charge in [-0.05, 0) is 57.8 Å². The van der Waals surface area contributed by atoms with Gasteiger partial charge in [0.25, 0.3) is 0 Å². The van der Waals surface area contributed by atoms with Crippen molar-refractivity contribution >= 4 is 11.8 Å². The number of amides is 2. The van der Waals surface area contributed by atoms with Crippen molar-refractivity contribution in [2.75, 3.05) is 6.61 Å². The SMILES string of the molecule is CC(NC(=O)C1CCC(OCCC2CCC([N+](=O)[O-])CC2)CC1)C(N)=O. The minimum absolute atomic E-state index is 0.0749. The number of primary amides is 1. The zero-order valence-corrected chi connectivity index (χ0v) is 15.5. The van der Waals surface area contributed by atoms with Gasteiger partial charge in [-0.1, -0.05) is 0 Å². The molecule has 2 aliphatic rings. The first-order chi connectivity index (χ1) is 12.4. The molecule has 0 aromatic heterocycles. The van der Waals surface area contributed by atoms with Crippen LogP contribution in [0, 0.1) is 22.0 Å². The molecule has 2 aliphatic carbocycles. The topological polar surface area (TPSA) is 125 Å². The number of hydrogen-bond acceptors (Lipinski definition) is 5. The van der Waals surface area contributed by atoms with Crippen molar-refractivity contribution in [1.29, 1.82) is 0 Å². The lowest BCUT2D eigenvalue weighted by molar-refractivity contribution is -0.527. The molecular weight excluding hydrogens is 338 g/mol. The van der Waals surface area contributed by atoms with Gasteiger partial charge in [-0.25, -0.2) is 0 Å². The van der Waals surface area contributed by atoms with Gasteiger partial charge in [-0.3, -0.25) is 19.7 Å². The summed E-state index contributed by atoms with van der Waals surface area (Å²) in [5.41, 5.74) is 5.17. The summed E-state index contributed by atoms with van der Waals surface area (Å²) in [4.78, 5) is 33.8. The number of nitrogens with two attached hydrogens (primary N) is 1. The smallest absolute Gasteiger partial charge is 0.239 e. The standard InChI is InChI=1S/C18H31N3O5/c1-12(17(19)22)20-18(23)14-4-8-16(9-5-14)26-11-10-13-2-6-15(7-3-13)21(24)25/h12-16H,2-11H2,1H3,(H2,19,22)(H,20,23). The average molecular weight is 369 g/mol. The molecule has 0 spiro atoms. The van der Waals surface area contributed by atoms with Crippen LogP contribution in [0.4, 0.5) is 0 Å². The zero-order valence-electron chi connectivity index (χ0n) is 15.5. The van der Waals surface area contributed by atoms with Crippen LogP contribution in [0.3, 0.4) is 0 Å². The van der Waals surface area contributed by atoms with Crippen LogP contribution in [0.5, 0.6) is 0 Å². The van der Waals surface area contributed by atoms with Crippen LogP contribution >= 0.6 is 0 Å². The second kappa shape index (κ2) is 9.85. The fraction of sp³-hybridized carbons (Fsp3) is 0.889. The van der Waals surface area contributed by atoms with Gasteiger partial charge in [-0.15, -0.1) is 0 Å². The van der Waals surface area contributed by atoms with Gasteiger partial charge in [0.05, 0.1) is 6.10 Å². The highest BCUT2D eigenvalue weighted by Gasteiger charge is 2.30. The summed E-state index contributed by atoms with van der Waals surface area (Å²) in [6.45, 7) is 2.28. The molecule has 0 aliphatic heterocycles. The van der Waals surface area contributed by atoms with Crippen molar-refractivity contribution < 1.29 is 19.2 Å². The van der Waals surface area contributed by atoms with E-state index in [2.05, 4.69) is 5.32 Å². The molecule has 0 heterocycles. The Labute approximate surface area is 154 Å². The Kier molecular flexibility index (Phi) is 7.81. The maximum atomic E-state index is 12.1. The molecule has 3 N–H and O–H groups in total. The van der Waals surface area contributed by atoms with Gasteiger partial charge in [0.1, 0.15) is 6.04 Å². The number of nitrogens with zero attached hydrogens (tertiary/aromatic N) is 1. The largest absolute Gasteiger partial charge is 0.378 e. The molecule has 2 saturated carbocycles. The molecule has 1 unspecified atom stereocenters. The van der Waals surface area contributed by atoms with Crippen molar-refractivity contribution in [3.63, 3.8) is 0 Å². The minimum Gasteiger partial charge on any atom is -0.378 e. The summed E-state index contributed by atoms with van der Waals surface area (Å²) in [6.07, 6.45) is 7.55. The normalized spacial score (nSPS) is 30.3. The Morgan fingerprint density at radius 2 is 1.77 bits per heavy atom. The summed E-state index contributed by atoms with van der Waals surface area (Å²) in [5.74, 6) is -0.169. The second-order valence-corrected chi connectivity index (χ2v) is 7.73. The van der Waals surface area contributed by atoms with E-state index >= 15 is 0 Å². The van der Waals surface area contributed by atoms with Gasteiger partial charge >= 0.3 is 0 Å². The van der Waals surface area contributed by atoms with Crippen LogP contribution in [-0.4, -0.2) is 41.5 Å². The summed E-state index contributed by atoms with van der Waals surface area (Å²) < 4.78 is 5.97. The Hall–Kier alpha value is -1.70. The molecule has 2 rings (SSSR count). The lowest BCUT2D eigenvalue weighted by atomic mass is 9.84. The fourth-order valence-corrected chi connectivity index (χ4v) is 3.94. The molecule has 0 saturated heterocycles. The summed E-state index contributed by atoms with van der Waals surface area (Å²) in [6, 6.07) is -0.993. The van der Waals surface area contributed by atoms with Crippen molar-refractivity contribution in [2.24, 2.45) is 17.6 Å². The van der Waals surface area contributed by atoms with E-state index in [0.717, 1.165) is 44.9 Å². The van der Waals surface area contributed by atoms with E-state index in [1.165, 1.54) is 0 Å². The van der Waals surface area contributed by atoms with Crippen LogP contribution in [0.2, 0.25) is 0 Å². The van der Waals surface area contributed by atoms with Crippen molar-refractivity contribution in [3.8, 4) is 0 Å². The lowest BCUT2D eigenvalue weighted by Gasteiger charge is -2.29. The Morgan fingerprint density at radius 1 is 1.15 bits per heavy atom. The van der Waals surface area contributed by atoms with Crippen LogP contribution in [0.15, 0.2) is 0 Å². The molecule has 0 radical (unpaired) electrons. The summed E-state index contributed by atoms with van der Waals surface area (Å²) in [5, 5.41) is 13.4. The van der Waals surface area contributed by atoms with E-state index in [1.807, 2.05) is 0 Å². The molecule has 8 heteroatoms. The van der Waals surface area contributed by atoms with Crippen molar-refractivity contribution in [1.82, 2.24) is 5.32 Å². The third-order valence-electron chi connectivity index (χ3n) is 5.82. The van der Waals surface area contributed by atoms with Crippen LogP contribution in [-0.2, 0) is 14.3 Å². The first-order valence-electron chi connectivity index (χ1n) is 9.71. The first kappa shape index (κ1) is 20.6. The van der Waals surface area contributed by atoms with E-state index in [9.17, 15) is 19.7 Å². The maximum Gasteiger partial charge on any atom is 0.239 e. The van der Waals surface area contributed by atoms with E-state index in [-0.39, 0.29) is 28.9 Å². The lowest BCUT2D eigenvalue weighted by Crippen LogP contribution is -2.45. The Balaban J connectivity index is 1.58. The number of nitrogens with one attached hydrogen (secondary N) is 1. The second-order valence-electron chi connectivity index (χ2n) is 7.73. The van der Waals surface area contributed by atoms with E-state index in [4.69, 9.17) is 10.5 Å². The predicted molar refractivity (Wildman–Crippen MR) is 95.9 cm³/mol. The third-order valence-corrected chi connectivity index (χ3v) is 5.82. The van der Waals surface area contributed by atoms with Gasteiger partial charge < -0.3 is 15.8 Å². The van der Waals surface area contributed by atoms with Crippen molar-refractivity contribution in [2.45, 2.75) is 82.9 Å². The van der Waals surface area contributed by atoms with Gasteiger partial charge in [0.15, 0.2) is 0 Å². The van der Waals surface area contributed by atoms with Crippen LogP contribution in [0.25, 0.3) is 0 Å². The van der Waals surface area contributed by atoms with Crippen molar-refractivity contribution in [3.05, 3.63) is 10.1 Å². The van der Waals surface area contributed by atoms with Gasteiger partial charge in [0.2, 0.25) is 17.9 Å². The van der Waals surface area contributed by atoms with E-state index in [0.29, 0.717) is 25.4 Å². The molecule has 148 valence electrons. The van der Waals surface area contributed by atoms with E-state index < -0.39 is 11.9 Å². The summed E-state index contributed by atoms with van der Waals surface area (Å²) >= 11 is 0. The third kappa shape index (κ3) is 6.23. The molecule has 0 aromatic carbocycles. The van der Waals surface area contributed by atoms with Crippen LogP contribution in [0.1, 0.15) is 64.7 Å². The number of ether oxygens (including phenoxy) is 1.